The Morgan fingerprint density at radius 2 is 1.14 bits per heavy atom. The van der Waals surface area contributed by atoms with Gasteiger partial charge in [0.05, 0.1) is 17.9 Å². The maximum atomic E-state index is 12.4. The molecule has 242 valence electrons. The van der Waals surface area contributed by atoms with Crippen molar-refractivity contribution < 1.29 is 22.9 Å². The molecular formula is C35H61NO5S. The second kappa shape index (κ2) is 29.1. The van der Waals surface area contributed by atoms with Crippen molar-refractivity contribution in [3.63, 3.8) is 0 Å². The fourth-order valence-electron chi connectivity index (χ4n) is 4.40. The number of amides is 1. The Labute approximate surface area is 258 Å². The maximum absolute atomic E-state index is 12.4. The highest BCUT2D eigenvalue weighted by Gasteiger charge is 2.24. The molecule has 0 saturated heterocycles. The van der Waals surface area contributed by atoms with Crippen LogP contribution in [0.2, 0.25) is 0 Å². The van der Waals surface area contributed by atoms with Crippen LogP contribution in [0.4, 0.5) is 0 Å². The number of aliphatic hydroxyl groups is 1. The molecule has 0 rings (SSSR count). The Hall–Kier alpha value is -1.96. The van der Waals surface area contributed by atoms with Gasteiger partial charge in [0, 0.05) is 6.42 Å². The van der Waals surface area contributed by atoms with E-state index < -0.39 is 28.0 Å². The molecule has 0 fully saturated rings. The summed E-state index contributed by atoms with van der Waals surface area (Å²) in [5.41, 5.74) is 0. The molecule has 0 radical (unpaired) electrons. The first-order chi connectivity index (χ1) is 20.3. The van der Waals surface area contributed by atoms with Gasteiger partial charge in [-0.3, -0.25) is 9.35 Å². The summed E-state index contributed by atoms with van der Waals surface area (Å²) in [6.45, 7) is 4.40. The van der Waals surface area contributed by atoms with Gasteiger partial charge in [-0.05, 0) is 70.6 Å². The third kappa shape index (κ3) is 29.5. The van der Waals surface area contributed by atoms with Gasteiger partial charge in [-0.15, -0.1) is 0 Å². The number of allylic oxidation sites excluding steroid dienone is 9. The van der Waals surface area contributed by atoms with Gasteiger partial charge in [-0.1, -0.05) is 120 Å². The fourth-order valence-corrected chi connectivity index (χ4v) is 5.13. The van der Waals surface area contributed by atoms with Crippen molar-refractivity contribution in [3.05, 3.63) is 60.8 Å². The molecule has 0 bridgehead atoms. The zero-order valence-corrected chi connectivity index (χ0v) is 27.4. The number of aliphatic hydroxyl groups excluding tert-OH is 1. The highest BCUT2D eigenvalue weighted by molar-refractivity contribution is 7.85. The minimum Gasteiger partial charge on any atom is -0.387 e. The second-order valence-electron chi connectivity index (χ2n) is 11.1. The monoisotopic (exact) mass is 607 g/mol. The number of nitrogens with one attached hydrogen (secondary N) is 1. The van der Waals surface area contributed by atoms with Crippen molar-refractivity contribution >= 4 is 16.0 Å². The first kappa shape index (κ1) is 40.0. The van der Waals surface area contributed by atoms with Crippen LogP contribution in [-0.4, -0.2) is 41.9 Å². The van der Waals surface area contributed by atoms with Crippen LogP contribution in [0.15, 0.2) is 60.8 Å². The summed E-state index contributed by atoms with van der Waals surface area (Å²) >= 11 is 0. The van der Waals surface area contributed by atoms with E-state index in [1.165, 1.54) is 38.2 Å². The summed E-state index contributed by atoms with van der Waals surface area (Å²) in [4.78, 5) is 12.4. The quantitative estimate of drug-likeness (QED) is 0.0468. The molecule has 0 saturated carbocycles. The lowest BCUT2D eigenvalue weighted by molar-refractivity contribution is -0.122. The summed E-state index contributed by atoms with van der Waals surface area (Å²) < 4.78 is 32.2. The number of unbranched alkanes of at least 4 members (excludes halogenated alkanes) is 12. The minimum atomic E-state index is -4.36. The van der Waals surface area contributed by atoms with E-state index in [0.29, 0.717) is 12.8 Å². The molecule has 0 aromatic carbocycles. The van der Waals surface area contributed by atoms with Gasteiger partial charge in [-0.2, -0.15) is 8.42 Å². The zero-order valence-electron chi connectivity index (χ0n) is 26.6. The third-order valence-electron chi connectivity index (χ3n) is 6.88. The van der Waals surface area contributed by atoms with Crippen molar-refractivity contribution in [2.75, 3.05) is 5.75 Å². The average Bonchev–Trinajstić information content (AvgIpc) is 2.94. The number of hydrogen-bond acceptors (Lipinski definition) is 4. The maximum Gasteiger partial charge on any atom is 0.267 e. The molecule has 42 heavy (non-hydrogen) atoms. The van der Waals surface area contributed by atoms with Crippen LogP contribution in [0.5, 0.6) is 0 Å². The molecular weight excluding hydrogens is 546 g/mol. The van der Waals surface area contributed by atoms with E-state index in [1.54, 1.807) is 6.08 Å². The summed E-state index contributed by atoms with van der Waals surface area (Å²) in [6.07, 6.45) is 39.1. The normalized spacial score (nSPS) is 14.3. The predicted octanol–water partition coefficient (Wildman–Crippen LogP) is 8.95. The van der Waals surface area contributed by atoms with E-state index in [2.05, 4.69) is 67.8 Å². The van der Waals surface area contributed by atoms with Crippen molar-refractivity contribution in [1.82, 2.24) is 5.32 Å². The largest absolute Gasteiger partial charge is 0.387 e. The first-order valence-electron chi connectivity index (χ1n) is 16.5. The number of carbonyl (C=O) groups excluding carboxylic acids is 1. The average molecular weight is 608 g/mol. The summed E-state index contributed by atoms with van der Waals surface area (Å²) in [5, 5.41) is 13.1. The fraction of sp³-hybridized carbons (Fsp3) is 0.686. The van der Waals surface area contributed by atoms with Crippen molar-refractivity contribution in [3.8, 4) is 0 Å². The van der Waals surface area contributed by atoms with Gasteiger partial charge in [0.2, 0.25) is 5.91 Å². The molecule has 2 unspecified atom stereocenters. The van der Waals surface area contributed by atoms with E-state index >= 15 is 0 Å². The standard InChI is InChI=1S/C35H61NO5S/c1-3-5-7-9-11-13-15-17-19-20-22-24-26-28-30-34(37)33(32-42(39,40)41)36-35(38)31-29-27-25-23-21-18-16-14-12-10-8-6-4-2/h8,10,13-16,20,22,28,30,33-34,37H,3-7,9,11-12,17-19,21,23-27,29,31-32H2,1-2H3,(H,36,38)(H,39,40,41)/b10-8-,15-13+,16-14-,22-20+,30-28+. The van der Waals surface area contributed by atoms with E-state index in [4.69, 9.17) is 0 Å². The van der Waals surface area contributed by atoms with Crippen molar-refractivity contribution in [2.24, 2.45) is 0 Å². The predicted molar refractivity (Wildman–Crippen MR) is 179 cm³/mol. The molecule has 7 heteroatoms. The van der Waals surface area contributed by atoms with Crippen LogP contribution in [0.1, 0.15) is 136 Å². The van der Waals surface area contributed by atoms with E-state index in [1.807, 2.05) is 0 Å². The Morgan fingerprint density at radius 3 is 1.74 bits per heavy atom. The Bertz CT molecular complexity index is 889. The molecule has 0 heterocycles. The number of hydrogen-bond donors (Lipinski definition) is 3. The SMILES string of the molecule is CCC/C=C\C/C=C\CCCCCCCC(=O)NC(CS(=O)(=O)O)C(O)/C=C/CC/C=C/CC/C=C/CCCCCC. The molecule has 0 aromatic heterocycles. The second-order valence-corrected chi connectivity index (χ2v) is 12.6. The topological polar surface area (TPSA) is 104 Å². The van der Waals surface area contributed by atoms with Crippen LogP contribution in [0.3, 0.4) is 0 Å². The molecule has 6 nitrogen and oxygen atoms in total. The van der Waals surface area contributed by atoms with Gasteiger partial charge >= 0.3 is 0 Å². The Kier molecular flexibility index (Phi) is 27.8. The summed E-state index contributed by atoms with van der Waals surface area (Å²) in [6, 6.07) is -1.09. The lowest BCUT2D eigenvalue weighted by atomic mass is 10.1. The first-order valence-corrected chi connectivity index (χ1v) is 18.1. The highest BCUT2D eigenvalue weighted by atomic mass is 32.2. The van der Waals surface area contributed by atoms with Gasteiger partial charge in [0.15, 0.2) is 0 Å². The van der Waals surface area contributed by atoms with Crippen molar-refractivity contribution in [1.29, 1.82) is 0 Å². The summed E-state index contributed by atoms with van der Waals surface area (Å²) in [7, 11) is -4.36. The summed E-state index contributed by atoms with van der Waals surface area (Å²) in [5.74, 6) is -1.04. The van der Waals surface area contributed by atoms with Crippen LogP contribution in [-0.2, 0) is 14.9 Å². The lowest BCUT2D eigenvalue weighted by Crippen LogP contribution is -2.46. The Balaban J connectivity index is 4.19. The van der Waals surface area contributed by atoms with Gasteiger partial charge < -0.3 is 10.4 Å². The molecule has 0 aromatic rings. The molecule has 0 aliphatic heterocycles. The van der Waals surface area contributed by atoms with Crippen LogP contribution in [0, 0.1) is 0 Å². The van der Waals surface area contributed by atoms with Gasteiger partial charge in [0.1, 0.15) is 0 Å². The number of carbonyl (C=O) groups is 1. The molecule has 3 N–H and O–H groups in total. The lowest BCUT2D eigenvalue weighted by Gasteiger charge is -2.21. The van der Waals surface area contributed by atoms with Gasteiger partial charge in [0.25, 0.3) is 10.1 Å². The zero-order chi connectivity index (χ0) is 31.2. The van der Waals surface area contributed by atoms with Crippen LogP contribution < -0.4 is 5.32 Å². The molecule has 0 spiro atoms. The van der Waals surface area contributed by atoms with Crippen LogP contribution >= 0.6 is 0 Å². The minimum absolute atomic E-state index is 0.265. The van der Waals surface area contributed by atoms with Crippen molar-refractivity contribution in [2.45, 2.75) is 148 Å². The van der Waals surface area contributed by atoms with E-state index in [-0.39, 0.29) is 12.3 Å². The van der Waals surface area contributed by atoms with Crippen LogP contribution in [0.25, 0.3) is 0 Å². The molecule has 0 aliphatic carbocycles. The molecule has 1 amide bonds. The smallest absolute Gasteiger partial charge is 0.267 e. The van der Waals surface area contributed by atoms with E-state index in [9.17, 15) is 22.9 Å². The van der Waals surface area contributed by atoms with Gasteiger partial charge in [-0.25, -0.2) is 0 Å². The molecule has 0 aliphatic rings. The van der Waals surface area contributed by atoms with E-state index in [0.717, 1.165) is 70.6 Å². The highest BCUT2D eigenvalue weighted by Crippen LogP contribution is 2.10. The Morgan fingerprint density at radius 1 is 0.643 bits per heavy atom. The number of rotatable bonds is 28. The molecule has 2 atom stereocenters. The third-order valence-corrected chi connectivity index (χ3v) is 7.66.